The van der Waals surface area contributed by atoms with Crippen LogP contribution in [0.25, 0.3) is 5.69 Å². The van der Waals surface area contributed by atoms with E-state index in [1.54, 1.807) is 0 Å². The van der Waals surface area contributed by atoms with Crippen LogP contribution in [-0.2, 0) is 6.54 Å². The summed E-state index contributed by atoms with van der Waals surface area (Å²) in [5.74, 6) is 0.114. The van der Waals surface area contributed by atoms with Crippen molar-refractivity contribution in [1.29, 1.82) is 0 Å². The van der Waals surface area contributed by atoms with Crippen molar-refractivity contribution in [1.82, 2.24) is 9.55 Å². The standard InChI is InChI=1S/C15H17FN4O2/c1-9(2)19-7-12-13(17-8-19)20(15(22)18-14(12)21)11-5-3-10(16)4-6-11/h3-6,9,17H,7-8H2,1-2H3,(H,18,21,22)/p+1. The molecular weight excluding hydrogens is 287 g/mol. The largest absolute Gasteiger partial charge is 0.334 e. The summed E-state index contributed by atoms with van der Waals surface area (Å²) in [5, 5.41) is 3.17. The molecule has 3 rings (SSSR count). The van der Waals surface area contributed by atoms with E-state index in [1.165, 1.54) is 33.7 Å². The Bertz CT molecular complexity index is 808. The number of nitrogens with zero attached hydrogens (tertiary/aromatic N) is 1. The molecule has 116 valence electrons. The van der Waals surface area contributed by atoms with Crippen LogP contribution in [0, 0.1) is 5.82 Å². The van der Waals surface area contributed by atoms with Crippen LogP contribution in [0.2, 0.25) is 0 Å². The lowest BCUT2D eigenvalue weighted by atomic mass is 10.2. The Hall–Kier alpha value is -2.41. The van der Waals surface area contributed by atoms with Gasteiger partial charge >= 0.3 is 5.69 Å². The first-order chi connectivity index (χ1) is 10.5. The molecule has 1 aromatic carbocycles. The molecule has 2 aromatic rings. The van der Waals surface area contributed by atoms with Crippen molar-refractivity contribution in [3.8, 4) is 5.69 Å². The van der Waals surface area contributed by atoms with E-state index in [4.69, 9.17) is 0 Å². The first kappa shape index (κ1) is 14.5. The molecule has 6 nitrogen and oxygen atoms in total. The van der Waals surface area contributed by atoms with E-state index in [0.717, 1.165) is 0 Å². The minimum atomic E-state index is -0.532. The van der Waals surface area contributed by atoms with Crippen molar-refractivity contribution in [3.05, 3.63) is 56.5 Å². The van der Waals surface area contributed by atoms with Gasteiger partial charge in [-0.3, -0.25) is 9.78 Å². The van der Waals surface area contributed by atoms with Gasteiger partial charge in [-0.2, -0.15) is 0 Å². The highest BCUT2D eigenvalue weighted by Crippen LogP contribution is 2.16. The monoisotopic (exact) mass is 305 g/mol. The number of nitrogens with one attached hydrogen (secondary N) is 3. The quantitative estimate of drug-likeness (QED) is 0.722. The molecule has 3 N–H and O–H groups in total. The number of benzene rings is 1. The Morgan fingerprint density at radius 3 is 2.55 bits per heavy atom. The van der Waals surface area contributed by atoms with Crippen molar-refractivity contribution in [2.24, 2.45) is 0 Å². The minimum absolute atomic E-state index is 0.353. The van der Waals surface area contributed by atoms with E-state index in [1.807, 2.05) is 0 Å². The summed E-state index contributed by atoms with van der Waals surface area (Å²) < 4.78 is 14.5. The number of hydrogen-bond donors (Lipinski definition) is 3. The van der Waals surface area contributed by atoms with Crippen molar-refractivity contribution in [2.45, 2.75) is 26.4 Å². The number of H-pyrrole nitrogens is 1. The third-order valence-corrected chi connectivity index (χ3v) is 4.00. The number of aromatic amines is 1. The summed E-state index contributed by atoms with van der Waals surface area (Å²) in [5.41, 5.74) is 0.151. The van der Waals surface area contributed by atoms with Crippen molar-refractivity contribution < 1.29 is 9.29 Å². The molecule has 0 saturated carbocycles. The second-order valence-electron chi connectivity index (χ2n) is 5.74. The maximum atomic E-state index is 13.1. The summed E-state index contributed by atoms with van der Waals surface area (Å²) in [4.78, 5) is 27.8. The number of rotatable bonds is 2. The Morgan fingerprint density at radius 1 is 1.23 bits per heavy atom. The van der Waals surface area contributed by atoms with Crippen molar-refractivity contribution >= 4 is 5.82 Å². The molecule has 0 amide bonds. The van der Waals surface area contributed by atoms with Gasteiger partial charge in [-0.25, -0.2) is 13.8 Å². The molecule has 1 aliphatic heterocycles. The number of fused-ring (bicyclic) bond motifs is 1. The predicted molar refractivity (Wildman–Crippen MR) is 80.9 cm³/mol. The van der Waals surface area contributed by atoms with Crippen LogP contribution in [0.15, 0.2) is 33.9 Å². The second-order valence-corrected chi connectivity index (χ2v) is 5.74. The normalized spacial score (nSPS) is 17.2. The first-order valence-electron chi connectivity index (χ1n) is 7.20. The molecule has 1 atom stereocenters. The van der Waals surface area contributed by atoms with Gasteiger partial charge in [0.05, 0.1) is 11.7 Å². The zero-order valence-electron chi connectivity index (χ0n) is 12.4. The third kappa shape index (κ3) is 2.43. The third-order valence-electron chi connectivity index (χ3n) is 4.00. The van der Waals surface area contributed by atoms with E-state index < -0.39 is 5.69 Å². The zero-order valence-corrected chi connectivity index (χ0v) is 12.4. The Morgan fingerprint density at radius 2 is 1.91 bits per heavy atom. The van der Waals surface area contributed by atoms with E-state index in [9.17, 15) is 14.0 Å². The Labute approximate surface area is 126 Å². The van der Waals surface area contributed by atoms with Gasteiger partial charge in [0, 0.05) is 0 Å². The molecule has 1 unspecified atom stereocenters. The molecule has 0 radical (unpaired) electrons. The lowest BCUT2D eigenvalue weighted by molar-refractivity contribution is -0.933. The minimum Gasteiger partial charge on any atom is -0.324 e. The molecule has 0 aliphatic carbocycles. The van der Waals surface area contributed by atoms with Crippen LogP contribution >= 0.6 is 0 Å². The molecule has 1 aromatic heterocycles. The molecule has 7 heteroatoms. The predicted octanol–water partition coefficient (Wildman–Crippen LogP) is -0.159. The van der Waals surface area contributed by atoms with Crippen LogP contribution < -0.4 is 21.5 Å². The highest BCUT2D eigenvalue weighted by Gasteiger charge is 2.27. The van der Waals surface area contributed by atoms with E-state index in [-0.39, 0.29) is 11.4 Å². The van der Waals surface area contributed by atoms with Crippen molar-refractivity contribution in [2.75, 3.05) is 12.0 Å². The number of aromatic nitrogens is 2. The van der Waals surface area contributed by atoms with E-state index >= 15 is 0 Å². The fourth-order valence-corrected chi connectivity index (χ4v) is 2.65. The average molecular weight is 305 g/mol. The van der Waals surface area contributed by atoms with E-state index in [2.05, 4.69) is 24.1 Å². The number of anilines is 1. The van der Waals surface area contributed by atoms with Gasteiger partial charge in [-0.1, -0.05) is 0 Å². The molecule has 2 heterocycles. The maximum absolute atomic E-state index is 13.1. The molecule has 0 spiro atoms. The van der Waals surface area contributed by atoms with Gasteiger partial charge in [0.15, 0.2) is 6.67 Å². The highest BCUT2D eigenvalue weighted by atomic mass is 19.1. The molecule has 22 heavy (non-hydrogen) atoms. The Balaban J connectivity index is 2.17. The smallest absolute Gasteiger partial charge is 0.324 e. The van der Waals surface area contributed by atoms with Gasteiger partial charge in [0.1, 0.15) is 23.7 Å². The van der Waals surface area contributed by atoms with E-state index in [0.29, 0.717) is 36.3 Å². The molecule has 0 saturated heterocycles. The van der Waals surface area contributed by atoms with Gasteiger partial charge in [-0.05, 0) is 38.1 Å². The SMILES string of the molecule is CC(C)[NH+]1CNc2c(c(=O)[nH]c(=O)n2-c2ccc(F)cc2)C1. The summed E-state index contributed by atoms with van der Waals surface area (Å²) in [6.45, 7) is 5.31. The maximum Gasteiger partial charge on any atom is 0.334 e. The van der Waals surface area contributed by atoms with Gasteiger partial charge in [0.25, 0.3) is 5.56 Å². The van der Waals surface area contributed by atoms with Crippen LogP contribution in [0.1, 0.15) is 19.4 Å². The zero-order chi connectivity index (χ0) is 15.9. The van der Waals surface area contributed by atoms with Crippen LogP contribution in [0.4, 0.5) is 10.2 Å². The van der Waals surface area contributed by atoms with Gasteiger partial charge in [0.2, 0.25) is 0 Å². The fraction of sp³-hybridized carbons (Fsp3) is 0.333. The number of hydrogen-bond acceptors (Lipinski definition) is 3. The summed E-state index contributed by atoms with van der Waals surface area (Å²) >= 11 is 0. The van der Waals surface area contributed by atoms with Gasteiger partial charge < -0.3 is 10.2 Å². The Kier molecular flexibility index (Phi) is 3.58. The van der Waals surface area contributed by atoms with Crippen LogP contribution in [0.5, 0.6) is 0 Å². The average Bonchev–Trinajstić information content (AvgIpc) is 2.48. The van der Waals surface area contributed by atoms with Crippen LogP contribution in [0.3, 0.4) is 0 Å². The fourth-order valence-electron chi connectivity index (χ4n) is 2.65. The summed E-state index contributed by atoms with van der Waals surface area (Å²) in [7, 11) is 0. The van der Waals surface area contributed by atoms with Crippen molar-refractivity contribution in [3.63, 3.8) is 0 Å². The second kappa shape index (κ2) is 5.42. The topological polar surface area (TPSA) is 71.3 Å². The molecular formula is C15H18FN4O2+. The summed E-state index contributed by atoms with van der Waals surface area (Å²) in [6, 6.07) is 5.95. The van der Waals surface area contributed by atoms with Crippen LogP contribution in [-0.4, -0.2) is 22.3 Å². The molecule has 0 bridgehead atoms. The van der Waals surface area contributed by atoms with Gasteiger partial charge in [-0.15, -0.1) is 0 Å². The number of quaternary nitrogens is 1. The summed E-state index contributed by atoms with van der Waals surface area (Å²) in [6.07, 6.45) is 0. The molecule has 0 fully saturated rings. The lowest BCUT2D eigenvalue weighted by Crippen LogP contribution is -3.15. The highest BCUT2D eigenvalue weighted by molar-refractivity contribution is 5.50. The number of halogens is 1. The lowest BCUT2D eigenvalue weighted by Gasteiger charge is -2.30. The molecule has 1 aliphatic rings. The first-order valence-corrected chi connectivity index (χ1v) is 7.20.